The van der Waals surface area contributed by atoms with Gasteiger partial charge >= 0.3 is 0 Å². The number of fused-ring (bicyclic) bond motifs is 1. The first-order valence-electron chi connectivity index (χ1n) is 12.5. The van der Waals surface area contributed by atoms with E-state index in [0.29, 0.717) is 24.5 Å². The van der Waals surface area contributed by atoms with Crippen LogP contribution in [0.1, 0.15) is 28.6 Å². The molecule has 0 saturated carbocycles. The van der Waals surface area contributed by atoms with Crippen LogP contribution >= 0.6 is 0 Å². The summed E-state index contributed by atoms with van der Waals surface area (Å²) in [6.45, 7) is 8.19. The maximum Gasteiger partial charge on any atom is 0.253 e. The van der Waals surface area contributed by atoms with Crippen molar-refractivity contribution in [1.29, 1.82) is 0 Å². The number of pyridine rings is 1. The summed E-state index contributed by atoms with van der Waals surface area (Å²) in [5, 5.41) is 13.6. The average Bonchev–Trinajstić information content (AvgIpc) is 3.37. The van der Waals surface area contributed by atoms with Gasteiger partial charge in [-0.15, -0.1) is 5.10 Å². The molecule has 1 N–H and O–H groups in total. The van der Waals surface area contributed by atoms with E-state index in [1.165, 1.54) is 5.56 Å². The van der Waals surface area contributed by atoms with E-state index < -0.39 is 6.04 Å². The number of hydrogen-bond donors (Lipinski definition) is 1. The second-order valence-corrected chi connectivity index (χ2v) is 9.46. The maximum atomic E-state index is 13.5. The number of nitrogens with zero attached hydrogens (tertiary/aromatic N) is 6. The van der Waals surface area contributed by atoms with Gasteiger partial charge in [0.1, 0.15) is 11.8 Å². The molecule has 1 aliphatic rings. The third-order valence-corrected chi connectivity index (χ3v) is 7.19. The van der Waals surface area contributed by atoms with Gasteiger partial charge in [0.15, 0.2) is 5.82 Å². The summed E-state index contributed by atoms with van der Waals surface area (Å²) in [6.07, 6.45) is 0. The first-order valence-corrected chi connectivity index (χ1v) is 12.5. The number of piperazine rings is 1. The van der Waals surface area contributed by atoms with E-state index in [-0.39, 0.29) is 5.56 Å². The van der Waals surface area contributed by atoms with Gasteiger partial charge in [-0.1, -0.05) is 6.07 Å². The van der Waals surface area contributed by atoms with Gasteiger partial charge in [-0.25, -0.2) is 4.68 Å². The molecule has 0 spiro atoms. The molecular formula is C27H33N7O3. The van der Waals surface area contributed by atoms with E-state index >= 15 is 0 Å². The summed E-state index contributed by atoms with van der Waals surface area (Å²) in [4.78, 5) is 21.2. The summed E-state index contributed by atoms with van der Waals surface area (Å²) < 4.78 is 12.4. The number of aryl methyl sites for hydroxylation is 2. The van der Waals surface area contributed by atoms with E-state index in [1.54, 1.807) is 18.9 Å². The van der Waals surface area contributed by atoms with Crippen molar-refractivity contribution in [2.45, 2.75) is 26.4 Å². The van der Waals surface area contributed by atoms with Crippen molar-refractivity contribution in [1.82, 2.24) is 30.1 Å². The molecule has 5 rings (SSSR count). The van der Waals surface area contributed by atoms with Crippen LogP contribution in [-0.4, -0.2) is 77.1 Å². The highest BCUT2D eigenvalue weighted by molar-refractivity contribution is 5.81. The molecule has 4 aromatic rings. The van der Waals surface area contributed by atoms with Crippen molar-refractivity contribution >= 4 is 16.6 Å². The maximum absolute atomic E-state index is 13.5. The zero-order valence-corrected chi connectivity index (χ0v) is 21.8. The van der Waals surface area contributed by atoms with Gasteiger partial charge in [-0.05, 0) is 71.1 Å². The molecule has 1 aliphatic heterocycles. The van der Waals surface area contributed by atoms with Crippen LogP contribution in [0.2, 0.25) is 0 Å². The van der Waals surface area contributed by atoms with Gasteiger partial charge in [0.25, 0.3) is 5.56 Å². The highest BCUT2D eigenvalue weighted by Crippen LogP contribution is 2.30. The first-order chi connectivity index (χ1) is 18.0. The Labute approximate surface area is 215 Å². The van der Waals surface area contributed by atoms with Crippen LogP contribution in [0.4, 0.5) is 5.69 Å². The largest absolute Gasteiger partial charge is 0.497 e. The minimum Gasteiger partial charge on any atom is -0.497 e. The Bertz CT molecular complexity index is 1440. The fourth-order valence-electron chi connectivity index (χ4n) is 4.99. The molecule has 0 bridgehead atoms. The lowest BCUT2D eigenvalue weighted by atomic mass is 10.00. The van der Waals surface area contributed by atoms with Crippen LogP contribution in [0.25, 0.3) is 10.9 Å². The number of benzene rings is 2. The predicted molar refractivity (Wildman–Crippen MR) is 142 cm³/mol. The Balaban J connectivity index is 1.51. The molecule has 37 heavy (non-hydrogen) atoms. The molecule has 1 fully saturated rings. The third kappa shape index (κ3) is 5.07. The van der Waals surface area contributed by atoms with Gasteiger partial charge in [-0.3, -0.25) is 9.69 Å². The van der Waals surface area contributed by atoms with Gasteiger partial charge in [0.2, 0.25) is 0 Å². The molecular weight excluding hydrogens is 470 g/mol. The standard InChI is InChI=1S/C27H33N7O3/c1-18-14-20-16-23(27(35)28-24(20)15-19(18)2)25(26-29-30-31-34(26)12-13-36-3)33-10-8-32(9-11-33)21-6-5-7-22(17-21)37-4/h5-7,14-17,25H,8-13H2,1-4H3,(H,28,35)/t25-/m1/s1. The van der Waals surface area contributed by atoms with Crippen LogP contribution in [0, 0.1) is 13.8 Å². The normalized spacial score (nSPS) is 15.3. The predicted octanol–water partition coefficient (Wildman–Crippen LogP) is 2.70. The van der Waals surface area contributed by atoms with Crippen LogP contribution in [0.5, 0.6) is 5.75 Å². The molecule has 0 amide bonds. The molecule has 2 aromatic heterocycles. The number of methoxy groups -OCH3 is 2. The Morgan fingerprint density at radius 1 is 1.03 bits per heavy atom. The van der Waals surface area contributed by atoms with Gasteiger partial charge in [0.05, 0.1) is 20.3 Å². The highest BCUT2D eigenvalue weighted by atomic mass is 16.5. The van der Waals surface area contributed by atoms with Crippen molar-refractivity contribution in [3.63, 3.8) is 0 Å². The Morgan fingerprint density at radius 3 is 2.57 bits per heavy atom. The van der Waals surface area contributed by atoms with E-state index in [2.05, 4.69) is 62.4 Å². The van der Waals surface area contributed by atoms with Crippen LogP contribution in [0.15, 0.2) is 47.3 Å². The summed E-state index contributed by atoms with van der Waals surface area (Å²) in [5.41, 5.74) is 4.78. The smallest absolute Gasteiger partial charge is 0.253 e. The van der Waals surface area contributed by atoms with Crippen LogP contribution < -0.4 is 15.2 Å². The Hall–Kier alpha value is -3.76. The molecule has 1 saturated heterocycles. The summed E-state index contributed by atoms with van der Waals surface area (Å²) >= 11 is 0. The van der Waals surface area contributed by atoms with Gasteiger partial charge < -0.3 is 19.4 Å². The highest BCUT2D eigenvalue weighted by Gasteiger charge is 2.32. The number of ether oxygens (including phenoxy) is 2. The van der Waals surface area contributed by atoms with Crippen molar-refractivity contribution in [3.05, 3.63) is 75.3 Å². The molecule has 0 radical (unpaired) electrons. The van der Waals surface area contributed by atoms with Crippen LogP contribution in [0.3, 0.4) is 0 Å². The topological polar surface area (TPSA) is 101 Å². The fraction of sp³-hybridized carbons (Fsp3) is 0.407. The quantitative estimate of drug-likeness (QED) is 0.392. The molecule has 10 heteroatoms. The van der Waals surface area contributed by atoms with Crippen LogP contribution in [-0.2, 0) is 11.3 Å². The second kappa shape index (κ2) is 10.7. The SMILES string of the molecule is COCCn1nnnc1[C@@H](c1cc2cc(C)c(C)cc2[nH]c1=O)N1CCN(c2cccc(OC)c2)CC1. The lowest BCUT2D eigenvalue weighted by Gasteiger charge is -2.39. The number of anilines is 1. The van der Waals surface area contributed by atoms with Crippen molar-refractivity contribution in [2.75, 3.05) is 51.9 Å². The second-order valence-electron chi connectivity index (χ2n) is 9.46. The Morgan fingerprint density at radius 2 is 1.81 bits per heavy atom. The summed E-state index contributed by atoms with van der Waals surface area (Å²) in [6, 6.07) is 13.9. The van der Waals surface area contributed by atoms with E-state index in [4.69, 9.17) is 9.47 Å². The Kier molecular flexibility index (Phi) is 7.20. The van der Waals surface area contributed by atoms with Gasteiger partial charge in [-0.2, -0.15) is 0 Å². The molecule has 2 aromatic carbocycles. The monoisotopic (exact) mass is 503 g/mol. The minimum atomic E-state index is -0.394. The average molecular weight is 504 g/mol. The molecule has 0 unspecified atom stereocenters. The summed E-state index contributed by atoms with van der Waals surface area (Å²) in [7, 11) is 3.33. The fourth-order valence-corrected chi connectivity index (χ4v) is 4.99. The number of hydrogen-bond acceptors (Lipinski definition) is 8. The first kappa shape index (κ1) is 24.9. The summed E-state index contributed by atoms with van der Waals surface area (Å²) in [5.74, 6) is 1.48. The molecule has 194 valence electrons. The molecule has 10 nitrogen and oxygen atoms in total. The zero-order valence-electron chi connectivity index (χ0n) is 21.8. The molecule has 0 aliphatic carbocycles. The third-order valence-electron chi connectivity index (χ3n) is 7.19. The number of aromatic nitrogens is 5. The lowest BCUT2D eigenvalue weighted by Crippen LogP contribution is -2.49. The zero-order chi connectivity index (χ0) is 25.9. The molecule has 3 heterocycles. The lowest BCUT2D eigenvalue weighted by molar-refractivity contribution is 0.171. The van der Waals surface area contributed by atoms with E-state index in [1.807, 2.05) is 24.3 Å². The van der Waals surface area contributed by atoms with Gasteiger partial charge in [0, 0.05) is 56.1 Å². The molecule has 1 atom stereocenters. The van der Waals surface area contributed by atoms with E-state index in [0.717, 1.165) is 54.1 Å². The van der Waals surface area contributed by atoms with Crippen molar-refractivity contribution < 1.29 is 9.47 Å². The number of tetrazole rings is 1. The van der Waals surface area contributed by atoms with E-state index in [9.17, 15) is 4.79 Å². The number of H-pyrrole nitrogens is 1. The number of aromatic amines is 1. The van der Waals surface area contributed by atoms with Crippen molar-refractivity contribution in [3.8, 4) is 5.75 Å². The number of nitrogens with one attached hydrogen (secondary N) is 1. The number of rotatable bonds is 8. The minimum absolute atomic E-state index is 0.128. The van der Waals surface area contributed by atoms with Crippen molar-refractivity contribution in [2.24, 2.45) is 0 Å².